The molecule has 2 saturated carbocycles. The maximum atomic E-state index is 2.93. The van der Waals surface area contributed by atoms with Crippen molar-refractivity contribution in [2.75, 3.05) is 14.7 Å². The summed E-state index contributed by atoms with van der Waals surface area (Å²) in [6.07, 6.45) is 9.88. The van der Waals surface area contributed by atoms with Crippen LogP contribution in [-0.4, -0.2) is 17.8 Å². The van der Waals surface area contributed by atoms with E-state index in [1.54, 1.807) is 11.1 Å². The highest BCUT2D eigenvalue weighted by atomic mass is 15.3. The van der Waals surface area contributed by atoms with Gasteiger partial charge in [-0.25, -0.2) is 0 Å². The fourth-order valence-electron chi connectivity index (χ4n) is 14.2. The van der Waals surface area contributed by atoms with Crippen LogP contribution < -0.4 is 31.1 Å². The minimum absolute atomic E-state index is 0.00519. The largest absolute Gasteiger partial charge is 0.335 e. The molecule has 0 spiro atoms. The van der Waals surface area contributed by atoms with Crippen LogP contribution in [0.5, 0.6) is 0 Å². The van der Waals surface area contributed by atoms with Crippen LogP contribution in [0.25, 0.3) is 11.1 Å². The Bertz CT molecular complexity index is 2820. The lowest BCUT2D eigenvalue weighted by atomic mass is 9.33. The second kappa shape index (κ2) is 12.2. The Kier molecular flexibility index (Phi) is 7.45. The second-order valence-electron chi connectivity index (χ2n) is 20.7. The third-order valence-electron chi connectivity index (χ3n) is 17.3. The zero-order chi connectivity index (χ0) is 41.1. The van der Waals surface area contributed by atoms with Gasteiger partial charge in [0.05, 0.1) is 11.1 Å². The van der Waals surface area contributed by atoms with Gasteiger partial charge >= 0.3 is 0 Å². The van der Waals surface area contributed by atoms with Crippen molar-refractivity contribution in [3.63, 3.8) is 0 Å². The van der Waals surface area contributed by atoms with E-state index >= 15 is 0 Å². The molecule has 0 radical (unpaired) electrons. The maximum Gasteiger partial charge on any atom is 0.252 e. The average molecular weight is 784 g/mol. The Balaban J connectivity index is 1.23. The Morgan fingerprint density at radius 1 is 0.483 bits per heavy atom. The molecule has 4 heteroatoms. The Labute approximate surface area is 358 Å². The number of hydrogen-bond acceptors (Lipinski definition) is 3. The molecule has 0 bridgehead atoms. The highest BCUT2D eigenvalue weighted by Gasteiger charge is 2.63. The van der Waals surface area contributed by atoms with E-state index in [1.165, 1.54) is 141 Å². The van der Waals surface area contributed by atoms with E-state index in [2.05, 4.69) is 179 Å². The molecule has 300 valence electrons. The van der Waals surface area contributed by atoms with Crippen LogP contribution in [0, 0.1) is 27.7 Å². The van der Waals surface area contributed by atoms with Crippen LogP contribution in [0.15, 0.2) is 109 Å². The van der Waals surface area contributed by atoms with Crippen molar-refractivity contribution in [2.45, 2.75) is 129 Å². The van der Waals surface area contributed by atoms with Gasteiger partial charge < -0.3 is 14.7 Å². The molecule has 0 N–H and O–H groups in total. The smallest absolute Gasteiger partial charge is 0.252 e. The molecular formula is C56H58BN3. The molecule has 0 aromatic heterocycles. The first kappa shape index (κ1) is 36.6. The normalized spacial score (nSPS) is 26.6. The minimum Gasteiger partial charge on any atom is -0.335 e. The number of benzene rings is 6. The molecule has 0 saturated heterocycles. The van der Waals surface area contributed by atoms with Gasteiger partial charge in [-0.3, -0.25) is 0 Å². The first-order valence-electron chi connectivity index (χ1n) is 23.0. The van der Waals surface area contributed by atoms with E-state index in [4.69, 9.17) is 0 Å². The molecule has 12 rings (SSSR count). The number of aryl methyl sites for hydroxylation is 4. The van der Waals surface area contributed by atoms with Gasteiger partial charge in [0.2, 0.25) is 0 Å². The van der Waals surface area contributed by atoms with Crippen LogP contribution in [0.3, 0.4) is 0 Å². The van der Waals surface area contributed by atoms with Gasteiger partial charge in [-0.1, -0.05) is 106 Å². The number of nitrogens with zero attached hydrogens (tertiary/aromatic N) is 3. The molecule has 3 nitrogen and oxygen atoms in total. The van der Waals surface area contributed by atoms with Crippen molar-refractivity contribution in [2.24, 2.45) is 0 Å². The summed E-state index contributed by atoms with van der Waals surface area (Å²) in [5, 5.41) is 0. The van der Waals surface area contributed by atoms with Crippen LogP contribution in [0.1, 0.15) is 112 Å². The molecule has 2 aliphatic carbocycles. The van der Waals surface area contributed by atoms with Crippen molar-refractivity contribution in [1.82, 2.24) is 0 Å². The van der Waals surface area contributed by atoms with E-state index in [9.17, 15) is 0 Å². The molecule has 6 aliphatic rings. The molecule has 6 aromatic rings. The van der Waals surface area contributed by atoms with Crippen molar-refractivity contribution >= 4 is 62.9 Å². The van der Waals surface area contributed by atoms with Crippen molar-refractivity contribution < 1.29 is 0 Å². The third-order valence-corrected chi connectivity index (χ3v) is 17.3. The summed E-state index contributed by atoms with van der Waals surface area (Å²) in [5.41, 5.74) is 25.0. The van der Waals surface area contributed by atoms with Crippen molar-refractivity contribution in [1.29, 1.82) is 0 Å². The SMILES string of the molecule is Cc1cccc(N2c3cc(C)ccc3B3c4cc(-c5ccccc5)cc5c4N(c4cc(N6c7cc(C)cc(C)c7C7(C)CCCCC67C)cc2c43)C2(C)CCCCC52C)c1. The predicted molar refractivity (Wildman–Crippen MR) is 256 cm³/mol. The van der Waals surface area contributed by atoms with Crippen LogP contribution in [-0.2, 0) is 10.8 Å². The molecule has 4 unspecified atom stereocenters. The fourth-order valence-corrected chi connectivity index (χ4v) is 14.2. The fraction of sp³-hybridized carbons (Fsp3) is 0.357. The van der Waals surface area contributed by atoms with Crippen LogP contribution >= 0.6 is 0 Å². The number of hydrogen-bond donors (Lipinski definition) is 0. The zero-order valence-electron chi connectivity index (χ0n) is 37.0. The predicted octanol–water partition coefficient (Wildman–Crippen LogP) is 12.7. The third kappa shape index (κ3) is 4.48. The number of fused-ring (bicyclic) bond motifs is 10. The first-order chi connectivity index (χ1) is 28.9. The highest BCUT2D eigenvalue weighted by Crippen LogP contribution is 2.65. The maximum absolute atomic E-state index is 2.93. The Hall–Kier alpha value is -5.22. The molecule has 4 aliphatic heterocycles. The number of rotatable bonds is 3. The summed E-state index contributed by atoms with van der Waals surface area (Å²) in [4.78, 5) is 8.44. The summed E-state index contributed by atoms with van der Waals surface area (Å²) in [6.45, 7) is 19.8. The van der Waals surface area contributed by atoms with E-state index < -0.39 is 0 Å². The summed E-state index contributed by atoms with van der Waals surface area (Å²) in [7, 11) is 0. The standard InChI is InChI=1S/C56H58BN3/c1-35-17-16-20-41(28-35)58-46-29-36(2)21-22-44(46)57-45-32-40(39-18-10-9-11-19-39)31-43-52(45)60(55(7)25-14-12-23-53(43,55)5)49-34-42(33-48(58)51(49)57)59-47-30-37(3)27-38(4)50(47)54(6)24-13-15-26-56(54,59)8/h9-11,16-22,27-34H,12-15,23-26H2,1-8H3. The van der Waals surface area contributed by atoms with Gasteiger partial charge in [-0.05, 0) is 171 Å². The summed E-state index contributed by atoms with van der Waals surface area (Å²) in [5.74, 6) is 0. The van der Waals surface area contributed by atoms with E-state index in [0.29, 0.717) is 0 Å². The first-order valence-corrected chi connectivity index (χ1v) is 23.0. The molecule has 0 amide bonds. The van der Waals surface area contributed by atoms with Crippen molar-refractivity contribution in [3.8, 4) is 11.1 Å². The molecule has 6 aromatic carbocycles. The average Bonchev–Trinajstić information content (AvgIpc) is 3.57. The van der Waals surface area contributed by atoms with E-state index in [1.807, 2.05) is 0 Å². The Morgan fingerprint density at radius 2 is 1.17 bits per heavy atom. The van der Waals surface area contributed by atoms with Gasteiger partial charge in [0.1, 0.15) is 0 Å². The summed E-state index contributed by atoms with van der Waals surface area (Å²) >= 11 is 0. The lowest BCUT2D eigenvalue weighted by molar-refractivity contribution is 0.193. The minimum atomic E-state index is -0.0733. The highest BCUT2D eigenvalue weighted by molar-refractivity contribution is 7.00. The van der Waals surface area contributed by atoms with Crippen LogP contribution in [0.2, 0.25) is 0 Å². The Morgan fingerprint density at radius 3 is 1.93 bits per heavy atom. The van der Waals surface area contributed by atoms with Gasteiger partial charge in [0.25, 0.3) is 6.71 Å². The topological polar surface area (TPSA) is 9.72 Å². The van der Waals surface area contributed by atoms with Gasteiger partial charge in [0.15, 0.2) is 0 Å². The second-order valence-corrected chi connectivity index (χ2v) is 20.7. The van der Waals surface area contributed by atoms with Crippen molar-refractivity contribution in [3.05, 3.63) is 143 Å². The number of anilines is 7. The van der Waals surface area contributed by atoms with Gasteiger partial charge in [-0.15, -0.1) is 0 Å². The van der Waals surface area contributed by atoms with Gasteiger partial charge in [0, 0.05) is 50.6 Å². The quantitative estimate of drug-likeness (QED) is 0.165. The summed E-state index contributed by atoms with van der Waals surface area (Å²) < 4.78 is 0. The van der Waals surface area contributed by atoms with Crippen LogP contribution in [0.4, 0.5) is 39.8 Å². The lowest BCUT2D eigenvalue weighted by Gasteiger charge is -2.53. The lowest BCUT2D eigenvalue weighted by Crippen LogP contribution is -2.64. The van der Waals surface area contributed by atoms with E-state index in [0.717, 1.165) is 0 Å². The van der Waals surface area contributed by atoms with Gasteiger partial charge in [-0.2, -0.15) is 0 Å². The summed E-state index contributed by atoms with van der Waals surface area (Å²) in [6, 6.07) is 43.2. The molecule has 4 heterocycles. The molecule has 2 fully saturated rings. The molecular weight excluding hydrogens is 725 g/mol. The van der Waals surface area contributed by atoms with E-state index in [-0.39, 0.29) is 28.6 Å². The molecule has 4 atom stereocenters. The zero-order valence-corrected chi connectivity index (χ0v) is 37.0. The monoisotopic (exact) mass is 783 g/mol. The molecule has 60 heavy (non-hydrogen) atoms.